The molecule has 1 aromatic carbocycles. The minimum atomic E-state index is -0.458. The predicted octanol–water partition coefficient (Wildman–Crippen LogP) is 3.76. The molecule has 1 amide bonds. The molecule has 28 heavy (non-hydrogen) atoms. The summed E-state index contributed by atoms with van der Waals surface area (Å²) in [7, 11) is 1.68. The largest absolute Gasteiger partial charge is 0.497 e. The van der Waals surface area contributed by atoms with Gasteiger partial charge in [0.1, 0.15) is 11.4 Å². The van der Waals surface area contributed by atoms with E-state index >= 15 is 0 Å². The van der Waals surface area contributed by atoms with Gasteiger partial charge < -0.3 is 24.4 Å². The first-order valence-corrected chi connectivity index (χ1v) is 10.2. The molecule has 2 fully saturated rings. The van der Waals surface area contributed by atoms with Crippen LogP contribution >= 0.6 is 0 Å². The van der Waals surface area contributed by atoms with E-state index in [-0.39, 0.29) is 23.6 Å². The Morgan fingerprint density at radius 1 is 1.25 bits per heavy atom. The maximum atomic E-state index is 12.4. The average molecular weight is 391 g/mol. The normalized spacial score (nSPS) is 22.9. The Morgan fingerprint density at radius 2 is 1.89 bits per heavy atom. The van der Waals surface area contributed by atoms with Crippen molar-refractivity contribution in [1.82, 2.24) is 10.2 Å². The van der Waals surface area contributed by atoms with Gasteiger partial charge in [0.15, 0.2) is 0 Å². The number of nitrogens with one attached hydrogen (secondary N) is 1. The van der Waals surface area contributed by atoms with Crippen LogP contribution in [0.1, 0.15) is 52.1 Å². The van der Waals surface area contributed by atoms with E-state index in [2.05, 4.69) is 24.4 Å². The second-order valence-electron chi connectivity index (χ2n) is 9.06. The molecule has 0 aliphatic carbocycles. The molecule has 0 aromatic heterocycles. The molecule has 6 heteroatoms. The van der Waals surface area contributed by atoms with E-state index in [9.17, 15) is 4.79 Å². The highest BCUT2D eigenvalue weighted by Gasteiger charge is 2.47. The smallest absolute Gasteiger partial charge is 0.410 e. The number of carbonyl (C=O) groups excluding carboxylic acids is 1. The van der Waals surface area contributed by atoms with Crippen molar-refractivity contribution < 1.29 is 19.0 Å². The van der Waals surface area contributed by atoms with Gasteiger partial charge in [-0.2, -0.15) is 0 Å². The second kappa shape index (κ2) is 8.29. The van der Waals surface area contributed by atoms with Crippen LogP contribution in [-0.2, 0) is 9.47 Å². The molecule has 2 atom stereocenters. The van der Waals surface area contributed by atoms with Crippen LogP contribution in [0.25, 0.3) is 0 Å². The van der Waals surface area contributed by atoms with Crippen molar-refractivity contribution in [2.75, 3.05) is 33.4 Å². The van der Waals surface area contributed by atoms with Crippen molar-refractivity contribution >= 4 is 6.09 Å². The summed E-state index contributed by atoms with van der Waals surface area (Å²) in [6.45, 7) is 10.8. The van der Waals surface area contributed by atoms with Gasteiger partial charge in [0.25, 0.3) is 0 Å². The summed E-state index contributed by atoms with van der Waals surface area (Å²) < 4.78 is 16.7. The second-order valence-corrected chi connectivity index (χ2v) is 9.06. The van der Waals surface area contributed by atoms with Crippen LogP contribution in [-0.4, -0.2) is 56.0 Å². The molecule has 2 heterocycles. The molecule has 2 aliphatic heterocycles. The van der Waals surface area contributed by atoms with Crippen LogP contribution in [0.4, 0.5) is 4.79 Å². The number of piperidine rings is 1. The highest BCUT2D eigenvalue weighted by Crippen LogP contribution is 2.40. The molecular weight excluding hydrogens is 356 g/mol. The Morgan fingerprint density at radius 3 is 2.46 bits per heavy atom. The summed E-state index contributed by atoms with van der Waals surface area (Å²) in [5.74, 6) is 0.867. The monoisotopic (exact) mass is 390 g/mol. The highest BCUT2D eigenvalue weighted by molar-refractivity contribution is 5.68. The number of hydrogen-bond acceptors (Lipinski definition) is 5. The third-order valence-electron chi connectivity index (χ3n) is 5.89. The number of hydrogen-bond donors (Lipinski definition) is 1. The number of likely N-dealkylation sites (tertiary alicyclic amines) is 1. The molecular formula is C22H34N2O4. The first-order valence-electron chi connectivity index (χ1n) is 10.2. The maximum absolute atomic E-state index is 12.4. The molecule has 2 saturated heterocycles. The lowest BCUT2D eigenvalue weighted by molar-refractivity contribution is 0.00561. The summed E-state index contributed by atoms with van der Waals surface area (Å²) in [6, 6.07) is 8.69. The Labute approximate surface area is 168 Å². The molecule has 1 unspecified atom stereocenters. The fourth-order valence-corrected chi connectivity index (χ4v) is 4.13. The zero-order chi connectivity index (χ0) is 20.4. The topological polar surface area (TPSA) is 60.0 Å². The number of methoxy groups -OCH3 is 1. The predicted molar refractivity (Wildman–Crippen MR) is 109 cm³/mol. The first kappa shape index (κ1) is 20.9. The Balaban J connectivity index is 1.59. The van der Waals surface area contributed by atoms with Crippen LogP contribution in [0.5, 0.6) is 5.75 Å². The number of ether oxygens (including phenoxy) is 3. The zero-order valence-electron chi connectivity index (χ0n) is 17.8. The van der Waals surface area contributed by atoms with E-state index in [0.29, 0.717) is 19.7 Å². The van der Waals surface area contributed by atoms with Gasteiger partial charge >= 0.3 is 6.09 Å². The average Bonchev–Trinajstić information content (AvgIpc) is 3.02. The first-order chi connectivity index (χ1) is 13.2. The number of amides is 1. The summed E-state index contributed by atoms with van der Waals surface area (Å²) in [5, 5.41) is 3.77. The van der Waals surface area contributed by atoms with E-state index in [0.717, 1.165) is 25.2 Å². The highest BCUT2D eigenvalue weighted by atomic mass is 16.6. The number of nitrogens with zero attached hydrogens (tertiary/aromatic N) is 1. The lowest BCUT2D eigenvalue weighted by Crippen LogP contribution is -2.53. The maximum Gasteiger partial charge on any atom is 0.410 e. The lowest BCUT2D eigenvalue weighted by atomic mass is 9.74. The number of rotatable bonds is 4. The molecule has 1 aromatic rings. The van der Waals surface area contributed by atoms with Crippen molar-refractivity contribution in [3.63, 3.8) is 0 Å². The van der Waals surface area contributed by atoms with Crippen molar-refractivity contribution in [3.05, 3.63) is 29.8 Å². The van der Waals surface area contributed by atoms with Gasteiger partial charge in [-0.05, 0) is 58.2 Å². The van der Waals surface area contributed by atoms with Gasteiger partial charge in [-0.15, -0.1) is 0 Å². The van der Waals surface area contributed by atoms with Crippen molar-refractivity contribution in [2.45, 2.75) is 58.2 Å². The van der Waals surface area contributed by atoms with Gasteiger partial charge in [0.2, 0.25) is 0 Å². The Hall–Kier alpha value is -1.79. The van der Waals surface area contributed by atoms with Gasteiger partial charge in [-0.25, -0.2) is 4.79 Å². The molecule has 3 rings (SSSR count). The lowest BCUT2D eigenvalue weighted by Gasteiger charge is -2.43. The minimum absolute atomic E-state index is 0.0826. The summed E-state index contributed by atoms with van der Waals surface area (Å²) in [5.41, 5.74) is 0.855. The van der Waals surface area contributed by atoms with Gasteiger partial charge in [0, 0.05) is 30.6 Å². The van der Waals surface area contributed by atoms with Crippen LogP contribution in [0.2, 0.25) is 0 Å². The summed E-state index contributed by atoms with van der Waals surface area (Å²) in [4.78, 5) is 14.2. The van der Waals surface area contributed by atoms with E-state index in [4.69, 9.17) is 14.2 Å². The van der Waals surface area contributed by atoms with Crippen molar-refractivity contribution in [2.24, 2.45) is 5.41 Å². The summed E-state index contributed by atoms with van der Waals surface area (Å²) >= 11 is 0. The quantitative estimate of drug-likeness (QED) is 0.848. The molecule has 0 saturated carbocycles. The van der Waals surface area contributed by atoms with E-state index in [1.54, 1.807) is 7.11 Å². The molecule has 6 nitrogen and oxygen atoms in total. The molecule has 1 N–H and O–H groups in total. The Bertz CT molecular complexity index is 660. The van der Waals surface area contributed by atoms with E-state index in [1.165, 1.54) is 5.56 Å². The number of benzene rings is 1. The van der Waals surface area contributed by atoms with Crippen molar-refractivity contribution in [1.29, 1.82) is 0 Å². The van der Waals surface area contributed by atoms with Crippen LogP contribution in [0.3, 0.4) is 0 Å². The van der Waals surface area contributed by atoms with Crippen LogP contribution in [0, 0.1) is 5.41 Å². The molecule has 0 bridgehead atoms. The van der Waals surface area contributed by atoms with Crippen LogP contribution in [0.15, 0.2) is 24.3 Å². The van der Waals surface area contributed by atoms with E-state index < -0.39 is 5.60 Å². The van der Waals surface area contributed by atoms with Gasteiger partial charge in [0.05, 0.1) is 20.3 Å². The standard InChI is InChI=1S/C22H34N2O4/c1-16(17-6-8-18(26-5)9-7-17)23-19-14-27-15-22(19)10-12-24(13-11-22)20(25)28-21(2,3)4/h6-9,16,19,23H,10-15H2,1-5H3/t16-,19?/m1/s1. The molecule has 0 radical (unpaired) electrons. The number of carbonyl (C=O) groups is 1. The van der Waals surface area contributed by atoms with Gasteiger partial charge in [-0.3, -0.25) is 0 Å². The fourth-order valence-electron chi connectivity index (χ4n) is 4.13. The van der Waals surface area contributed by atoms with E-state index in [1.807, 2.05) is 37.8 Å². The Kier molecular flexibility index (Phi) is 6.20. The summed E-state index contributed by atoms with van der Waals surface area (Å²) in [6.07, 6.45) is 1.65. The van der Waals surface area contributed by atoms with Gasteiger partial charge in [-0.1, -0.05) is 12.1 Å². The molecule has 1 spiro atoms. The zero-order valence-corrected chi connectivity index (χ0v) is 17.8. The fraction of sp³-hybridized carbons (Fsp3) is 0.682. The molecule has 156 valence electrons. The third kappa shape index (κ3) is 4.78. The SMILES string of the molecule is COc1ccc([C@@H](C)NC2COCC23CCN(C(=O)OC(C)(C)C)CC3)cc1. The third-order valence-corrected chi connectivity index (χ3v) is 5.89. The minimum Gasteiger partial charge on any atom is -0.497 e. The molecule has 2 aliphatic rings. The van der Waals surface area contributed by atoms with Crippen molar-refractivity contribution in [3.8, 4) is 5.75 Å². The van der Waals surface area contributed by atoms with Crippen LogP contribution < -0.4 is 10.1 Å².